The summed E-state index contributed by atoms with van der Waals surface area (Å²) in [7, 11) is 4.49. The second-order valence-corrected chi connectivity index (χ2v) is 6.65. The first-order valence-corrected chi connectivity index (χ1v) is 9.62. The molecule has 0 spiro atoms. The number of nitrogens with one attached hydrogen (secondary N) is 2. The number of likely N-dealkylation sites (tertiary alicyclic amines) is 1. The maximum absolute atomic E-state index is 12.4. The molecule has 0 saturated carbocycles. The van der Waals surface area contributed by atoms with E-state index in [-0.39, 0.29) is 24.8 Å². The zero-order valence-corrected chi connectivity index (χ0v) is 17.2. The molecule has 1 aromatic carbocycles. The predicted octanol–water partition coefficient (Wildman–Crippen LogP) is 1.43. The molecule has 8 nitrogen and oxygen atoms in total. The van der Waals surface area contributed by atoms with Crippen molar-refractivity contribution in [3.05, 3.63) is 17.7 Å². The number of carbonyl (C=O) groups is 2. The van der Waals surface area contributed by atoms with E-state index in [1.165, 1.54) is 27.8 Å². The molecule has 156 valence electrons. The first-order valence-electron chi connectivity index (χ1n) is 9.62. The van der Waals surface area contributed by atoms with Crippen LogP contribution in [0.15, 0.2) is 12.1 Å². The molecule has 0 unspecified atom stereocenters. The zero-order chi connectivity index (χ0) is 20.5. The molecule has 2 N–H and O–H groups in total. The van der Waals surface area contributed by atoms with E-state index in [1.54, 1.807) is 12.1 Å². The lowest BCUT2D eigenvalue weighted by Crippen LogP contribution is -2.40. The number of likely N-dealkylation sites (N-methyl/N-ethyl adjacent to an activating group) is 1. The summed E-state index contributed by atoms with van der Waals surface area (Å²) in [4.78, 5) is 26.9. The third-order valence-electron chi connectivity index (χ3n) is 5.00. The minimum Gasteiger partial charge on any atom is -0.493 e. The number of carbonyl (C=O) groups excluding carboxylic acids is 2. The summed E-state index contributed by atoms with van der Waals surface area (Å²) in [5.74, 6) is 0.866. The van der Waals surface area contributed by atoms with Crippen molar-refractivity contribution in [2.75, 3.05) is 47.5 Å². The number of nitrogens with zero attached hydrogens (tertiary/aromatic N) is 1. The molecule has 0 bridgehead atoms. The Labute approximate surface area is 166 Å². The molecule has 1 aliphatic heterocycles. The van der Waals surface area contributed by atoms with Gasteiger partial charge in [0.2, 0.25) is 11.7 Å². The molecule has 1 fully saturated rings. The van der Waals surface area contributed by atoms with E-state index < -0.39 is 0 Å². The van der Waals surface area contributed by atoms with E-state index in [0.29, 0.717) is 35.4 Å². The highest BCUT2D eigenvalue weighted by atomic mass is 16.5. The first-order chi connectivity index (χ1) is 13.5. The lowest BCUT2D eigenvalue weighted by Gasteiger charge is -2.22. The number of amides is 2. The molecule has 0 aromatic heterocycles. The van der Waals surface area contributed by atoms with Gasteiger partial charge in [-0.1, -0.05) is 6.92 Å². The number of hydrogen-bond acceptors (Lipinski definition) is 6. The monoisotopic (exact) mass is 393 g/mol. The van der Waals surface area contributed by atoms with Crippen LogP contribution in [0.4, 0.5) is 0 Å². The average molecular weight is 393 g/mol. The van der Waals surface area contributed by atoms with Gasteiger partial charge in [0.15, 0.2) is 11.5 Å². The van der Waals surface area contributed by atoms with Crippen molar-refractivity contribution in [2.45, 2.75) is 32.2 Å². The van der Waals surface area contributed by atoms with Gasteiger partial charge in [0.25, 0.3) is 5.91 Å². The summed E-state index contributed by atoms with van der Waals surface area (Å²) >= 11 is 0. The Morgan fingerprint density at radius 1 is 1.11 bits per heavy atom. The summed E-state index contributed by atoms with van der Waals surface area (Å²) in [6.45, 7) is 5.16. The van der Waals surface area contributed by atoms with Gasteiger partial charge in [-0.3, -0.25) is 14.5 Å². The molecule has 0 radical (unpaired) electrons. The smallest absolute Gasteiger partial charge is 0.251 e. The Hall–Kier alpha value is -2.48. The van der Waals surface area contributed by atoms with Crippen LogP contribution in [-0.4, -0.2) is 70.3 Å². The van der Waals surface area contributed by atoms with Crippen molar-refractivity contribution >= 4 is 11.8 Å². The number of rotatable bonds is 10. The van der Waals surface area contributed by atoms with E-state index in [2.05, 4.69) is 22.5 Å². The normalized spacial score (nSPS) is 16.5. The van der Waals surface area contributed by atoms with Gasteiger partial charge >= 0.3 is 0 Å². The quantitative estimate of drug-likeness (QED) is 0.625. The fraction of sp³-hybridized carbons (Fsp3) is 0.600. The van der Waals surface area contributed by atoms with Crippen molar-refractivity contribution in [1.29, 1.82) is 0 Å². The second kappa shape index (κ2) is 10.8. The van der Waals surface area contributed by atoms with Crippen LogP contribution in [0.25, 0.3) is 0 Å². The zero-order valence-electron chi connectivity index (χ0n) is 17.2. The summed E-state index contributed by atoms with van der Waals surface area (Å²) in [5, 5.41) is 5.72. The molecule has 8 heteroatoms. The second-order valence-electron chi connectivity index (χ2n) is 6.65. The molecule has 2 rings (SSSR count). The number of hydrogen-bond donors (Lipinski definition) is 2. The molecule has 2 amide bonds. The fourth-order valence-electron chi connectivity index (χ4n) is 3.47. The Morgan fingerprint density at radius 3 is 2.36 bits per heavy atom. The fourth-order valence-corrected chi connectivity index (χ4v) is 3.47. The third kappa shape index (κ3) is 5.51. The predicted molar refractivity (Wildman–Crippen MR) is 106 cm³/mol. The highest BCUT2D eigenvalue weighted by molar-refractivity contribution is 5.95. The lowest BCUT2D eigenvalue weighted by atomic mass is 10.1. The molecular formula is C20H31N3O5. The molecule has 0 aliphatic carbocycles. The summed E-state index contributed by atoms with van der Waals surface area (Å²) in [6.07, 6.45) is 2.53. The van der Waals surface area contributed by atoms with Gasteiger partial charge in [0.1, 0.15) is 0 Å². The summed E-state index contributed by atoms with van der Waals surface area (Å²) in [5.41, 5.74) is 0.374. The van der Waals surface area contributed by atoms with Gasteiger partial charge in [-0.05, 0) is 38.1 Å². The molecule has 1 aromatic rings. The summed E-state index contributed by atoms with van der Waals surface area (Å²) < 4.78 is 15.8. The molecule has 1 atom stereocenters. The van der Waals surface area contributed by atoms with Crippen LogP contribution >= 0.6 is 0 Å². The topological polar surface area (TPSA) is 89.1 Å². The van der Waals surface area contributed by atoms with E-state index in [0.717, 1.165) is 19.5 Å². The maximum atomic E-state index is 12.4. The van der Waals surface area contributed by atoms with Crippen molar-refractivity contribution in [3.63, 3.8) is 0 Å². The van der Waals surface area contributed by atoms with Crippen molar-refractivity contribution in [1.82, 2.24) is 15.5 Å². The van der Waals surface area contributed by atoms with E-state index in [4.69, 9.17) is 14.2 Å². The third-order valence-corrected chi connectivity index (χ3v) is 5.00. The van der Waals surface area contributed by atoms with Crippen LogP contribution in [-0.2, 0) is 4.79 Å². The standard InChI is InChI=1S/C20H31N3O5/c1-5-23-10-6-7-15(23)13-22-18(24)8-9-21-20(25)14-11-16(26-2)19(28-4)17(12-14)27-3/h11-12,15H,5-10,13H2,1-4H3,(H,21,25)(H,22,24)/t15-/m1/s1. The minimum absolute atomic E-state index is 0.0619. The molecular weight excluding hydrogens is 362 g/mol. The minimum atomic E-state index is -0.306. The van der Waals surface area contributed by atoms with Crippen LogP contribution in [0.1, 0.15) is 36.5 Å². The van der Waals surface area contributed by atoms with Crippen LogP contribution < -0.4 is 24.8 Å². The Bertz CT molecular complexity index is 655. The van der Waals surface area contributed by atoms with E-state index >= 15 is 0 Å². The maximum Gasteiger partial charge on any atom is 0.251 e. The van der Waals surface area contributed by atoms with Gasteiger partial charge in [0.05, 0.1) is 21.3 Å². The molecule has 1 saturated heterocycles. The first kappa shape index (κ1) is 21.8. The van der Waals surface area contributed by atoms with Gasteiger partial charge < -0.3 is 24.8 Å². The SMILES string of the molecule is CCN1CCC[C@@H]1CNC(=O)CCNC(=O)c1cc(OC)c(OC)c(OC)c1. The van der Waals surface area contributed by atoms with Crippen molar-refractivity contribution < 1.29 is 23.8 Å². The van der Waals surface area contributed by atoms with Gasteiger partial charge in [0, 0.05) is 31.1 Å². The lowest BCUT2D eigenvalue weighted by molar-refractivity contribution is -0.121. The van der Waals surface area contributed by atoms with E-state index in [1.807, 2.05) is 0 Å². The number of ether oxygens (including phenoxy) is 3. The Balaban J connectivity index is 1.82. The van der Waals surface area contributed by atoms with Gasteiger partial charge in [-0.15, -0.1) is 0 Å². The Kier molecular flexibility index (Phi) is 8.38. The van der Waals surface area contributed by atoms with Crippen molar-refractivity contribution in [2.24, 2.45) is 0 Å². The number of methoxy groups -OCH3 is 3. The van der Waals surface area contributed by atoms with E-state index in [9.17, 15) is 9.59 Å². The molecule has 1 heterocycles. The van der Waals surface area contributed by atoms with Crippen LogP contribution in [0.2, 0.25) is 0 Å². The van der Waals surface area contributed by atoms with Crippen molar-refractivity contribution in [3.8, 4) is 17.2 Å². The largest absolute Gasteiger partial charge is 0.493 e. The van der Waals surface area contributed by atoms with Crippen LogP contribution in [0.3, 0.4) is 0 Å². The van der Waals surface area contributed by atoms with Crippen LogP contribution in [0.5, 0.6) is 17.2 Å². The molecule has 28 heavy (non-hydrogen) atoms. The van der Waals surface area contributed by atoms with Crippen LogP contribution in [0, 0.1) is 0 Å². The highest BCUT2D eigenvalue weighted by Gasteiger charge is 2.23. The Morgan fingerprint density at radius 2 is 1.79 bits per heavy atom. The number of benzene rings is 1. The average Bonchev–Trinajstić information content (AvgIpc) is 3.18. The highest BCUT2D eigenvalue weighted by Crippen LogP contribution is 2.38. The molecule has 1 aliphatic rings. The summed E-state index contributed by atoms with van der Waals surface area (Å²) in [6, 6.07) is 3.58. The van der Waals surface area contributed by atoms with Gasteiger partial charge in [-0.25, -0.2) is 0 Å². The van der Waals surface area contributed by atoms with Gasteiger partial charge in [-0.2, -0.15) is 0 Å².